The molecule has 0 bridgehead atoms. The van der Waals surface area contributed by atoms with Crippen LogP contribution in [0.1, 0.15) is 10.4 Å². The van der Waals surface area contributed by atoms with Crippen molar-refractivity contribution >= 4 is 23.6 Å². The molecule has 3 aromatic heterocycles. The van der Waals surface area contributed by atoms with Crippen molar-refractivity contribution in [1.82, 2.24) is 15.1 Å². The average molecular weight is 312 g/mol. The fourth-order valence-electron chi connectivity index (χ4n) is 1.87. The second kappa shape index (κ2) is 6.40. The van der Waals surface area contributed by atoms with Gasteiger partial charge in [-0.2, -0.15) is 0 Å². The lowest BCUT2D eigenvalue weighted by molar-refractivity contribution is 0.102. The molecule has 1 amide bonds. The minimum absolute atomic E-state index is 0.265. The number of nitrogens with zero attached hydrogens (tertiary/aromatic N) is 3. The fourth-order valence-corrected chi connectivity index (χ4v) is 2.42. The van der Waals surface area contributed by atoms with Crippen molar-refractivity contribution in [1.29, 1.82) is 0 Å². The lowest BCUT2D eigenvalue weighted by Gasteiger charge is -2.04. The highest BCUT2D eigenvalue weighted by molar-refractivity contribution is 7.98. The quantitative estimate of drug-likeness (QED) is 0.746. The van der Waals surface area contributed by atoms with Gasteiger partial charge in [-0.15, -0.1) is 11.8 Å². The molecule has 22 heavy (non-hydrogen) atoms. The molecule has 3 rings (SSSR count). The zero-order valence-electron chi connectivity index (χ0n) is 11.7. The van der Waals surface area contributed by atoms with Crippen LogP contribution in [0.3, 0.4) is 0 Å². The molecule has 0 aliphatic rings. The van der Waals surface area contributed by atoms with Gasteiger partial charge < -0.3 is 4.52 Å². The third kappa shape index (κ3) is 2.99. The summed E-state index contributed by atoms with van der Waals surface area (Å²) in [6.07, 6.45) is 5.19. The van der Waals surface area contributed by atoms with Gasteiger partial charge in [-0.3, -0.25) is 15.1 Å². The molecule has 3 heterocycles. The lowest BCUT2D eigenvalue weighted by Crippen LogP contribution is -2.13. The molecule has 0 fully saturated rings. The summed E-state index contributed by atoms with van der Waals surface area (Å²) < 4.78 is 5.14. The van der Waals surface area contributed by atoms with Gasteiger partial charge in [-0.05, 0) is 30.5 Å². The molecule has 3 aromatic rings. The molecule has 0 spiro atoms. The number of amides is 1. The Bertz CT molecular complexity index is 789. The first-order chi connectivity index (χ1) is 10.8. The van der Waals surface area contributed by atoms with Crippen LogP contribution >= 0.6 is 11.8 Å². The van der Waals surface area contributed by atoms with Gasteiger partial charge in [0, 0.05) is 18.5 Å². The Kier molecular flexibility index (Phi) is 4.15. The Morgan fingerprint density at radius 2 is 2.00 bits per heavy atom. The van der Waals surface area contributed by atoms with E-state index in [1.54, 1.807) is 30.6 Å². The second-order valence-electron chi connectivity index (χ2n) is 4.31. The van der Waals surface area contributed by atoms with Crippen molar-refractivity contribution in [2.45, 2.75) is 5.03 Å². The average Bonchev–Trinajstić information content (AvgIpc) is 3.04. The highest BCUT2D eigenvalue weighted by atomic mass is 32.2. The van der Waals surface area contributed by atoms with Crippen molar-refractivity contribution in [2.24, 2.45) is 0 Å². The van der Waals surface area contributed by atoms with Crippen LogP contribution in [-0.2, 0) is 0 Å². The molecule has 0 saturated carbocycles. The van der Waals surface area contributed by atoms with Crippen LogP contribution < -0.4 is 5.32 Å². The number of aromatic nitrogens is 3. The SMILES string of the molecule is CSc1ncccc1C(=O)Nc1cc(-c2ccccn2)no1. The predicted molar refractivity (Wildman–Crippen MR) is 83.7 cm³/mol. The van der Waals surface area contributed by atoms with E-state index < -0.39 is 0 Å². The van der Waals surface area contributed by atoms with Crippen LogP contribution in [0.15, 0.2) is 58.3 Å². The second-order valence-corrected chi connectivity index (χ2v) is 5.10. The van der Waals surface area contributed by atoms with Gasteiger partial charge in [0.25, 0.3) is 5.91 Å². The third-order valence-corrected chi connectivity index (χ3v) is 3.60. The minimum Gasteiger partial charge on any atom is -0.338 e. The highest BCUT2D eigenvalue weighted by Gasteiger charge is 2.15. The molecule has 0 unspecified atom stereocenters. The Morgan fingerprint density at radius 3 is 2.77 bits per heavy atom. The molecular formula is C15H12N4O2S. The van der Waals surface area contributed by atoms with Gasteiger partial charge in [-0.1, -0.05) is 11.2 Å². The number of carbonyl (C=O) groups excluding carboxylic acids is 1. The number of nitrogens with one attached hydrogen (secondary N) is 1. The van der Waals surface area contributed by atoms with Gasteiger partial charge in [0.15, 0.2) is 0 Å². The normalized spacial score (nSPS) is 10.4. The van der Waals surface area contributed by atoms with E-state index in [2.05, 4.69) is 20.4 Å². The smallest absolute Gasteiger partial charge is 0.260 e. The van der Waals surface area contributed by atoms with E-state index >= 15 is 0 Å². The first-order valence-corrected chi connectivity index (χ1v) is 7.69. The van der Waals surface area contributed by atoms with Crippen molar-refractivity contribution in [3.05, 3.63) is 54.4 Å². The Balaban J connectivity index is 1.79. The van der Waals surface area contributed by atoms with Crippen molar-refractivity contribution in [3.63, 3.8) is 0 Å². The van der Waals surface area contributed by atoms with Crippen LogP contribution in [0.2, 0.25) is 0 Å². The first-order valence-electron chi connectivity index (χ1n) is 6.46. The molecule has 0 radical (unpaired) electrons. The van der Waals surface area contributed by atoms with E-state index in [1.165, 1.54) is 11.8 Å². The van der Waals surface area contributed by atoms with Crippen molar-refractivity contribution in [3.8, 4) is 11.4 Å². The number of thioether (sulfide) groups is 1. The summed E-state index contributed by atoms with van der Waals surface area (Å²) in [6, 6.07) is 10.6. The number of anilines is 1. The van der Waals surface area contributed by atoms with Crippen molar-refractivity contribution in [2.75, 3.05) is 11.6 Å². The number of rotatable bonds is 4. The number of hydrogen-bond acceptors (Lipinski definition) is 6. The molecular weight excluding hydrogens is 300 g/mol. The van der Waals surface area contributed by atoms with E-state index in [9.17, 15) is 4.79 Å². The van der Waals surface area contributed by atoms with Crippen LogP contribution in [-0.4, -0.2) is 27.3 Å². The largest absolute Gasteiger partial charge is 0.338 e. The summed E-state index contributed by atoms with van der Waals surface area (Å²) in [7, 11) is 0. The Labute approximate surface area is 131 Å². The molecule has 0 aromatic carbocycles. The lowest BCUT2D eigenvalue weighted by atomic mass is 10.2. The van der Waals surface area contributed by atoms with Gasteiger partial charge >= 0.3 is 0 Å². The van der Waals surface area contributed by atoms with Crippen LogP contribution in [0, 0.1) is 0 Å². The summed E-state index contributed by atoms with van der Waals surface area (Å²) in [6.45, 7) is 0. The van der Waals surface area contributed by atoms with E-state index in [0.717, 1.165) is 0 Å². The van der Waals surface area contributed by atoms with Crippen LogP contribution in [0.5, 0.6) is 0 Å². The molecule has 6 nitrogen and oxygen atoms in total. The van der Waals surface area contributed by atoms with Gasteiger partial charge in [-0.25, -0.2) is 4.98 Å². The maximum atomic E-state index is 12.3. The third-order valence-electron chi connectivity index (χ3n) is 2.88. The molecule has 0 atom stereocenters. The molecule has 1 N–H and O–H groups in total. The Hall–Kier alpha value is -2.67. The summed E-state index contributed by atoms with van der Waals surface area (Å²) in [4.78, 5) is 20.6. The van der Waals surface area contributed by atoms with Gasteiger partial charge in [0.1, 0.15) is 10.7 Å². The fraction of sp³-hybridized carbons (Fsp3) is 0.0667. The monoisotopic (exact) mass is 312 g/mol. The zero-order chi connectivity index (χ0) is 15.4. The maximum absolute atomic E-state index is 12.3. The summed E-state index contributed by atoms with van der Waals surface area (Å²) in [5.74, 6) is -0.0252. The number of hydrogen-bond donors (Lipinski definition) is 1. The number of carbonyl (C=O) groups is 1. The highest BCUT2D eigenvalue weighted by Crippen LogP contribution is 2.22. The molecule has 0 saturated heterocycles. The van der Waals surface area contributed by atoms with Gasteiger partial charge in [0.2, 0.25) is 5.88 Å². The summed E-state index contributed by atoms with van der Waals surface area (Å²) >= 11 is 1.41. The van der Waals surface area contributed by atoms with Gasteiger partial charge in [0.05, 0.1) is 11.3 Å². The van der Waals surface area contributed by atoms with E-state index in [0.29, 0.717) is 22.0 Å². The van der Waals surface area contributed by atoms with Crippen LogP contribution in [0.25, 0.3) is 11.4 Å². The summed E-state index contributed by atoms with van der Waals surface area (Å²) in [5.41, 5.74) is 1.73. The van der Waals surface area contributed by atoms with E-state index in [4.69, 9.17) is 4.52 Å². The molecule has 7 heteroatoms. The zero-order valence-corrected chi connectivity index (χ0v) is 12.5. The first kappa shape index (κ1) is 14.3. The predicted octanol–water partition coefficient (Wildman–Crippen LogP) is 3.11. The van der Waals surface area contributed by atoms with Crippen molar-refractivity contribution < 1.29 is 9.32 Å². The van der Waals surface area contributed by atoms with E-state index in [-0.39, 0.29) is 11.8 Å². The number of pyridine rings is 2. The summed E-state index contributed by atoms with van der Waals surface area (Å²) in [5, 5.41) is 7.23. The molecule has 0 aliphatic carbocycles. The standard InChI is InChI=1S/C15H12N4O2S/c1-22-15-10(5-4-8-17-15)14(20)18-13-9-12(19-21-13)11-6-2-3-7-16-11/h2-9H,1H3,(H,18,20). The Morgan fingerprint density at radius 1 is 1.14 bits per heavy atom. The molecule has 110 valence electrons. The maximum Gasteiger partial charge on any atom is 0.260 e. The van der Waals surface area contributed by atoms with E-state index in [1.807, 2.05) is 24.5 Å². The van der Waals surface area contributed by atoms with Crippen LogP contribution in [0.4, 0.5) is 5.88 Å². The minimum atomic E-state index is -0.291. The topological polar surface area (TPSA) is 80.9 Å². The molecule has 0 aliphatic heterocycles.